The number of unbranched alkanes of at least 4 members (excludes halogenated alkanes) is 1. The number of hydrogen-bond donors (Lipinski definition) is 1. The third kappa shape index (κ3) is 6.88. The second kappa shape index (κ2) is 12.2. The van der Waals surface area contributed by atoms with E-state index in [0.29, 0.717) is 25.4 Å². The van der Waals surface area contributed by atoms with Crippen LogP contribution < -0.4 is 10.1 Å². The number of nitrogens with one attached hydrogen (secondary N) is 1. The van der Waals surface area contributed by atoms with Crippen LogP contribution >= 0.6 is 11.8 Å². The highest BCUT2D eigenvalue weighted by molar-refractivity contribution is 7.99. The lowest BCUT2D eigenvalue weighted by molar-refractivity contribution is 0.102. The normalized spacial score (nSPS) is 10.6. The van der Waals surface area contributed by atoms with Gasteiger partial charge in [0.25, 0.3) is 5.91 Å². The molecular formula is C26H29NO3S. The third-order valence-corrected chi connectivity index (χ3v) is 5.71. The number of benzene rings is 3. The first-order valence-corrected chi connectivity index (χ1v) is 11.5. The number of amides is 1. The highest BCUT2D eigenvalue weighted by Gasteiger charge is 2.13. The van der Waals surface area contributed by atoms with E-state index < -0.39 is 0 Å². The summed E-state index contributed by atoms with van der Waals surface area (Å²) in [4.78, 5) is 15.1. The Morgan fingerprint density at radius 3 is 2.52 bits per heavy atom. The first-order valence-electron chi connectivity index (χ1n) is 10.7. The van der Waals surface area contributed by atoms with Gasteiger partial charge in [-0.15, -0.1) is 0 Å². The molecule has 1 N–H and O–H groups in total. The van der Waals surface area contributed by atoms with Crippen molar-refractivity contribution in [2.75, 3.05) is 18.5 Å². The maximum absolute atomic E-state index is 13.0. The van der Waals surface area contributed by atoms with Crippen molar-refractivity contribution in [3.05, 3.63) is 83.9 Å². The van der Waals surface area contributed by atoms with Crippen LogP contribution in [-0.4, -0.2) is 19.1 Å². The molecule has 0 atom stereocenters. The SMILES string of the molecule is CCCCOCc1cc(C(=O)Nc2ccccc2Sc2ccccc2)ccc1OCC. The van der Waals surface area contributed by atoms with Crippen LogP contribution in [0.5, 0.6) is 5.75 Å². The van der Waals surface area contributed by atoms with Crippen molar-refractivity contribution in [3.63, 3.8) is 0 Å². The Hall–Kier alpha value is -2.76. The van der Waals surface area contributed by atoms with Crippen molar-refractivity contribution in [2.45, 2.75) is 43.1 Å². The second-order valence-corrected chi connectivity index (χ2v) is 8.14. The van der Waals surface area contributed by atoms with Gasteiger partial charge in [-0.3, -0.25) is 4.79 Å². The first-order chi connectivity index (χ1) is 15.2. The molecule has 0 saturated carbocycles. The number of carbonyl (C=O) groups is 1. The first kappa shape index (κ1) is 22.9. The van der Waals surface area contributed by atoms with Crippen LogP contribution in [0, 0.1) is 0 Å². The molecule has 0 heterocycles. The number of hydrogen-bond acceptors (Lipinski definition) is 4. The van der Waals surface area contributed by atoms with Gasteiger partial charge in [0.2, 0.25) is 0 Å². The van der Waals surface area contributed by atoms with E-state index in [4.69, 9.17) is 9.47 Å². The Kier molecular flexibility index (Phi) is 9.00. The van der Waals surface area contributed by atoms with Crippen LogP contribution in [0.25, 0.3) is 0 Å². The van der Waals surface area contributed by atoms with Crippen LogP contribution in [0.3, 0.4) is 0 Å². The van der Waals surface area contributed by atoms with E-state index in [2.05, 4.69) is 24.4 Å². The lowest BCUT2D eigenvalue weighted by Crippen LogP contribution is -2.13. The van der Waals surface area contributed by atoms with Gasteiger partial charge in [-0.2, -0.15) is 0 Å². The molecule has 0 aliphatic carbocycles. The van der Waals surface area contributed by atoms with Gasteiger partial charge in [0.1, 0.15) is 5.75 Å². The average molecular weight is 436 g/mol. The zero-order valence-corrected chi connectivity index (χ0v) is 18.9. The molecule has 3 rings (SSSR count). The number of anilines is 1. The Bertz CT molecular complexity index is 975. The van der Waals surface area contributed by atoms with Crippen molar-refractivity contribution in [2.24, 2.45) is 0 Å². The van der Waals surface area contributed by atoms with Gasteiger partial charge in [0.05, 0.1) is 18.9 Å². The zero-order chi connectivity index (χ0) is 21.9. The summed E-state index contributed by atoms with van der Waals surface area (Å²) >= 11 is 1.62. The fourth-order valence-electron chi connectivity index (χ4n) is 3.03. The van der Waals surface area contributed by atoms with E-state index in [1.165, 1.54) is 0 Å². The number of para-hydroxylation sites is 1. The molecule has 31 heavy (non-hydrogen) atoms. The minimum absolute atomic E-state index is 0.154. The molecule has 0 radical (unpaired) electrons. The summed E-state index contributed by atoms with van der Waals surface area (Å²) in [6, 6.07) is 23.5. The molecule has 162 valence electrons. The van der Waals surface area contributed by atoms with E-state index in [1.807, 2.05) is 61.5 Å². The summed E-state index contributed by atoms with van der Waals surface area (Å²) in [5.74, 6) is 0.606. The summed E-state index contributed by atoms with van der Waals surface area (Å²) in [5.41, 5.74) is 2.26. The third-order valence-electron chi connectivity index (χ3n) is 4.63. The summed E-state index contributed by atoms with van der Waals surface area (Å²) in [5, 5.41) is 3.06. The predicted octanol–water partition coefficient (Wildman–Crippen LogP) is 6.81. The maximum Gasteiger partial charge on any atom is 0.255 e. The van der Waals surface area contributed by atoms with Crippen LogP contribution in [0.15, 0.2) is 82.6 Å². The molecule has 0 spiro atoms. The van der Waals surface area contributed by atoms with Gasteiger partial charge >= 0.3 is 0 Å². The smallest absolute Gasteiger partial charge is 0.255 e. The zero-order valence-electron chi connectivity index (χ0n) is 18.1. The van der Waals surface area contributed by atoms with Gasteiger partial charge < -0.3 is 14.8 Å². The largest absolute Gasteiger partial charge is 0.494 e. The average Bonchev–Trinajstić information content (AvgIpc) is 2.80. The summed E-state index contributed by atoms with van der Waals surface area (Å²) in [6.07, 6.45) is 2.10. The molecule has 0 fully saturated rings. The fraction of sp³-hybridized carbons (Fsp3) is 0.269. The molecule has 0 aliphatic heterocycles. The summed E-state index contributed by atoms with van der Waals surface area (Å²) in [7, 11) is 0. The number of rotatable bonds is 11. The van der Waals surface area contributed by atoms with Gasteiger partial charge in [0, 0.05) is 27.5 Å². The van der Waals surface area contributed by atoms with E-state index >= 15 is 0 Å². The van der Waals surface area contributed by atoms with Crippen molar-refractivity contribution < 1.29 is 14.3 Å². The van der Waals surface area contributed by atoms with Crippen molar-refractivity contribution in [1.29, 1.82) is 0 Å². The van der Waals surface area contributed by atoms with Gasteiger partial charge in [0.15, 0.2) is 0 Å². The van der Waals surface area contributed by atoms with Gasteiger partial charge in [-0.25, -0.2) is 0 Å². The molecular weight excluding hydrogens is 406 g/mol. The Morgan fingerprint density at radius 1 is 0.968 bits per heavy atom. The molecule has 0 unspecified atom stereocenters. The van der Waals surface area contributed by atoms with Crippen LogP contribution in [0.1, 0.15) is 42.6 Å². The monoisotopic (exact) mass is 435 g/mol. The Balaban J connectivity index is 1.75. The van der Waals surface area contributed by atoms with Crippen LogP contribution in [-0.2, 0) is 11.3 Å². The maximum atomic E-state index is 13.0. The van der Waals surface area contributed by atoms with E-state index in [9.17, 15) is 4.79 Å². The van der Waals surface area contributed by atoms with Crippen molar-refractivity contribution >= 4 is 23.4 Å². The number of carbonyl (C=O) groups excluding carboxylic acids is 1. The Morgan fingerprint density at radius 2 is 1.74 bits per heavy atom. The minimum Gasteiger partial charge on any atom is -0.494 e. The topological polar surface area (TPSA) is 47.6 Å². The molecule has 1 amide bonds. The summed E-state index contributed by atoms with van der Waals surface area (Å²) in [6.45, 7) is 5.77. The number of ether oxygens (including phenoxy) is 2. The van der Waals surface area contributed by atoms with E-state index in [-0.39, 0.29) is 5.91 Å². The van der Waals surface area contributed by atoms with Gasteiger partial charge in [-0.1, -0.05) is 55.4 Å². The predicted molar refractivity (Wildman–Crippen MR) is 127 cm³/mol. The summed E-state index contributed by atoms with van der Waals surface area (Å²) < 4.78 is 11.5. The standard InChI is InChI=1S/C26H29NO3S/c1-3-5-17-29-19-21-18-20(15-16-24(21)30-4-2)26(28)27-23-13-9-10-14-25(23)31-22-11-7-6-8-12-22/h6-16,18H,3-5,17,19H2,1-2H3,(H,27,28). The highest BCUT2D eigenvalue weighted by Crippen LogP contribution is 2.33. The van der Waals surface area contributed by atoms with Crippen LogP contribution in [0.4, 0.5) is 5.69 Å². The molecule has 0 aliphatic rings. The molecule has 0 saturated heterocycles. The fourth-order valence-corrected chi connectivity index (χ4v) is 3.95. The minimum atomic E-state index is -0.154. The Labute approximate surface area is 189 Å². The molecule has 0 aromatic heterocycles. The highest BCUT2D eigenvalue weighted by atomic mass is 32.2. The quantitative estimate of drug-likeness (QED) is 0.336. The lowest BCUT2D eigenvalue weighted by atomic mass is 10.1. The van der Waals surface area contributed by atoms with E-state index in [1.54, 1.807) is 17.8 Å². The molecule has 0 bridgehead atoms. The van der Waals surface area contributed by atoms with Crippen LogP contribution in [0.2, 0.25) is 0 Å². The van der Waals surface area contributed by atoms with Crippen molar-refractivity contribution in [1.82, 2.24) is 0 Å². The molecule has 4 nitrogen and oxygen atoms in total. The molecule has 3 aromatic carbocycles. The second-order valence-electron chi connectivity index (χ2n) is 7.03. The molecule has 3 aromatic rings. The van der Waals surface area contributed by atoms with Gasteiger partial charge in [-0.05, 0) is 55.8 Å². The molecule has 5 heteroatoms. The van der Waals surface area contributed by atoms with E-state index in [0.717, 1.165) is 39.6 Å². The van der Waals surface area contributed by atoms with Crippen molar-refractivity contribution in [3.8, 4) is 5.75 Å². The lowest BCUT2D eigenvalue weighted by Gasteiger charge is -2.14.